The first-order valence-corrected chi connectivity index (χ1v) is 35.0. The molecule has 0 saturated heterocycles. The zero-order chi connectivity index (χ0) is 79.4. The highest BCUT2D eigenvalue weighted by Crippen LogP contribution is 2.19. The van der Waals surface area contributed by atoms with Crippen molar-refractivity contribution in [1.29, 1.82) is 16.2 Å². The van der Waals surface area contributed by atoms with Crippen LogP contribution in [0.15, 0.2) is 146 Å². The Morgan fingerprint density at radius 1 is 0.284 bits per heavy atom. The smallest absolute Gasteiger partial charge is 0.242 e. The fraction of sp³-hybridized carbons (Fsp3) is 0.360. The van der Waals surface area contributed by atoms with Gasteiger partial charge in [-0.05, 0) is 151 Å². The van der Waals surface area contributed by atoms with E-state index in [1.54, 1.807) is 6.07 Å². The maximum atomic E-state index is 15.3. The van der Waals surface area contributed by atoms with Gasteiger partial charge in [0.1, 0.15) is 67.6 Å². The van der Waals surface area contributed by atoms with Gasteiger partial charge in [0, 0.05) is 72.0 Å². The maximum Gasteiger partial charge on any atom is 0.242 e. The molecule has 6 rings (SSSR count). The van der Waals surface area contributed by atoms with Crippen LogP contribution in [0.3, 0.4) is 0 Å². The third kappa shape index (κ3) is 32.3. The van der Waals surface area contributed by atoms with Crippen molar-refractivity contribution in [3.63, 3.8) is 0 Å². The molecule has 0 unspecified atom stereocenters. The summed E-state index contributed by atoms with van der Waals surface area (Å²) in [4.78, 5) is 140. The maximum absolute atomic E-state index is 15.3. The second-order valence-electron chi connectivity index (χ2n) is 25.7. The number of amides is 9. The normalized spacial score (nSPS) is 10.8. The lowest BCUT2D eigenvalue weighted by Crippen LogP contribution is -2.52. The minimum Gasteiger partial charge on any atom is -0.370 e. The number of rotatable bonds is 45. The van der Waals surface area contributed by atoms with Crippen molar-refractivity contribution in [1.82, 2.24) is 60.5 Å². The zero-order valence-electron chi connectivity index (χ0n) is 60.3. The van der Waals surface area contributed by atoms with Crippen LogP contribution in [-0.4, -0.2) is 208 Å². The Labute approximate surface area is 627 Å². The topological polar surface area (TPSA) is 403 Å². The molecular weight excluding hydrogens is 1420 g/mol. The number of unbranched alkanes of at least 4 members (excludes halogenated alkanes) is 3. The Kier molecular flexibility index (Phi) is 35.2. The molecule has 109 heavy (non-hydrogen) atoms. The number of guanidine groups is 3. The lowest BCUT2D eigenvalue weighted by Gasteiger charge is -2.33. The van der Waals surface area contributed by atoms with E-state index >= 15 is 28.0 Å². The molecule has 0 bridgehead atoms. The first kappa shape index (κ1) is 85.8. The lowest BCUT2D eigenvalue weighted by atomic mass is 10.1. The van der Waals surface area contributed by atoms with Crippen LogP contribution in [0.2, 0.25) is 0 Å². The van der Waals surface area contributed by atoms with E-state index < -0.39 is 167 Å². The van der Waals surface area contributed by atoms with Crippen LogP contribution in [0.5, 0.6) is 0 Å². The van der Waals surface area contributed by atoms with E-state index in [4.69, 9.17) is 39.2 Å². The van der Waals surface area contributed by atoms with E-state index in [0.717, 1.165) is 99.9 Å². The van der Waals surface area contributed by atoms with E-state index in [2.05, 4.69) is 21.3 Å². The van der Waals surface area contributed by atoms with Crippen molar-refractivity contribution in [2.45, 2.75) is 77.8 Å². The standard InChI is InChI=1S/C75H93F6N19O9/c76-58-19-7-13-52(31-58)38-95(44-64(82)101)70(107)50-99(42-56-17-11-23-62(80)35-56)68(105)45-93(29-5-3-27-91-74(85)86)67(104)48-98(41-55-16-10-22-61(79)34-55)72(109)51-100(43-57-18-12-24-63(81)36-57)69(106)46-94(30-6-4-28-92-75(87)88)66(103)47-97(40-54-15-9-21-60(78)33-54)71(108)49-96(39-53-14-8-20-59(77)32-53)65(102)37-89-25-1-2-26-90-73(83)84/h7-24,31-36,89H,1-6,25-30,37-51H2,(H2,82,101)(H4,83,84,90)(H4,85,86,91)(H4,87,88,92). The predicted octanol–water partition coefficient (Wildman–Crippen LogP) is 3.52. The summed E-state index contributed by atoms with van der Waals surface area (Å²) in [5.41, 5.74) is 23.3. The van der Waals surface area contributed by atoms with Gasteiger partial charge in [-0.3, -0.25) is 59.4 Å². The minimum atomic E-state index is -0.986. The Balaban J connectivity index is 1.35. The van der Waals surface area contributed by atoms with Crippen molar-refractivity contribution in [3.8, 4) is 0 Å². The quantitative estimate of drug-likeness (QED) is 0.0113. The first-order valence-electron chi connectivity index (χ1n) is 35.0. The fourth-order valence-corrected chi connectivity index (χ4v) is 11.3. The summed E-state index contributed by atoms with van der Waals surface area (Å²) >= 11 is 0. The fourth-order valence-electron chi connectivity index (χ4n) is 11.3. The molecule has 34 heteroatoms. The average molecular weight is 1520 g/mol. The van der Waals surface area contributed by atoms with E-state index in [0.29, 0.717) is 31.5 Å². The van der Waals surface area contributed by atoms with Crippen molar-refractivity contribution in [2.24, 2.45) is 22.9 Å². The van der Waals surface area contributed by atoms with Gasteiger partial charge in [-0.15, -0.1) is 0 Å². The van der Waals surface area contributed by atoms with E-state index in [1.165, 1.54) is 78.9 Å². The summed E-state index contributed by atoms with van der Waals surface area (Å²) < 4.78 is 89.0. The highest BCUT2D eigenvalue weighted by Gasteiger charge is 2.33. The van der Waals surface area contributed by atoms with Crippen LogP contribution in [0.25, 0.3) is 0 Å². The van der Waals surface area contributed by atoms with Crippen molar-refractivity contribution in [3.05, 3.63) is 214 Å². The molecule has 6 aromatic carbocycles. The Hall–Kier alpha value is -12.1. The molecular formula is C75H93F6N19O9. The summed E-state index contributed by atoms with van der Waals surface area (Å²) in [6.07, 6.45) is 1.86. The lowest BCUT2D eigenvalue weighted by molar-refractivity contribution is -0.149. The zero-order valence-corrected chi connectivity index (χ0v) is 60.3. The molecule has 584 valence electrons. The second-order valence-corrected chi connectivity index (χ2v) is 25.7. The monoisotopic (exact) mass is 1520 g/mol. The van der Waals surface area contributed by atoms with Gasteiger partial charge >= 0.3 is 0 Å². The molecule has 6 aromatic rings. The largest absolute Gasteiger partial charge is 0.370 e. The van der Waals surface area contributed by atoms with Gasteiger partial charge in [0.15, 0.2) is 17.9 Å². The summed E-state index contributed by atoms with van der Waals surface area (Å²) in [6.45, 7) is -8.76. The van der Waals surface area contributed by atoms with Gasteiger partial charge in [0.25, 0.3) is 0 Å². The summed E-state index contributed by atoms with van der Waals surface area (Å²) in [5.74, 6) is -13.0. The molecule has 0 atom stereocenters. The summed E-state index contributed by atoms with van der Waals surface area (Å²) in [7, 11) is 0. The third-order valence-corrected chi connectivity index (χ3v) is 16.7. The van der Waals surface area contributed by atoms with Crippen LogP contribution in [0, 0.1) is 51.1 Å². The summed E-state index contributed by atoms with van der Waals surface area (Å²) in [6, 6.07) is 30.7. The van der Waals surface area contributed by atoms with Crippen LogP contribution in [0.4, 0.5) is 26.3 Å². The van der Waals surface area contributed by atoms with Gasteiger partial charge in [0.05, 0.1) is 26.2 Å². The molecule has 0 aliphatic heterocycles. The molecule has 0 aliphatic rings. The van der Waals surface area contributed by atoms with E-state index in [9.17, 15) is 41.5 Å². The Morgan fingerprint density at radius 3 is 0.734 bits per heavy atom. The van der Waals surface area contributed by atoms with Crippen molar-refractivity contribution < 1.29 is 69.5 Å². The number of halogens is 6. The number of hydrogen-bond donors (Lipinski definition) is 11. The number of primary amides is 1. The Bertz CT molecular complexity index is 4130. The van der Waals surface area contributed by atoms with Gasteiger partial charge in [-0.25, -0.2) is 26.3 Å². The van der Waals surface area contributed by atoms with E-state index in [-0.39, 0.29) is 117 Å². The molecule has 0 aliphatic carbocycles. The second kappa shape index (κ2) is 44.8. The summed E-state index contributed by atoms with van der Waals surface area (Å²) in [5, 5.41) is 33.7. The highest BCUT2D eigenvalue weighted by atomic mass is 19.1. The van der Waals surface area contributed by atoms with Crippen LogP contribution in [-0.2, 0) is 82.4 Å². The number of nitrogens with zero attached hydrogens (tertiary/aromatic N) is 8. The number of hydrogen-bond acceptors (Lipinski definition) is 13. The average Bonchev–Trinajstić information content (AvgIpc) is 0.848. The Morgan fingerprint density at radius 2 is 0.495 bits per heavy atom. The van der Waals surface area contributed by atoms with Crippen molar-refractivity contribution >= 4 is 71.0 Å². The van der Waals surface area contributed by atoms with E-state index in [1.807, 2.05) is 0 Å². The van der Waals surface area contributed by atoms with Gasteiger partial charge in [-0.2, -0.15) is 0 Å². The predicted molar refractivity (Wildman–Crippen MR) is 394 cm³/mol. The van der Waals surface area contributed by atoms with Gasteiger partial charge in [0.2, 0.25) is 53.2 Å². The first-order chi connectivity index (χ1) is 52.0. The molecule has 0 fully saturated rings. The highest BCUT2D eigenvalue weighted by molar-refractivity contribution is 5.94. The molecule has 15 N–H and O–H groups in total. The van der Waals surface area contributed by atoms with Gasteiger partial charge in [-0.1, -0.05) is 72.8 Å². The van der Waals surface area contributed by atoms with Crippen molar-refractivity contribution in [2.75, 3.05) is 98.2 Å². The van der Waals surface area contributed by atoms with Crippen LogP contribution >= 0.6 is 0 Å². The number of benzene rings is 6. The molecule has 28 nitrogen and oxygen atoms in total. The number of carbonyl (C=O) groups is 9. The molecule has 0 heterocycles. The molecule has 0 aromatic heterocycles. The molecule has 9 amide bonds. The van der Waals surface area contributed by atoms with Crippen LogP contribution in [0.1, 0.15) is 71.9 Å². The number of carbonyl (C=O) groups excluding carboxylic acids is 9. The molecule has 0 radical (unpaired) electrons. The molecule has 0 spiro atoms. The minimum absolute atomic E-state index is 0.117. The third-order valence-electron chi connectivity index (χ3n) is 16.7. The number of nitrogens with two attached hydrogens (primary N) is 4. The SMILES string of the molecule is N=C(N)NCCCCNCC(=O)N(CC(=O)N(CC(=O)N(CCCCNC(=N)N)CC(=O)N(CC(=O)N(CC(=O)N(CCCCNC(=N)N)CC(=O)N(CC(=O)N(CC(N)=O)Cc1cccc(F)c1)Cc1cccc(F)c1)Cc1cccc(F)c1)Cc1cccc(F)c1)Cc1cccc(F)c1)Cc1cccc(F)c1. The van der Waals surface area contributed by atoms with Crippen LogP contribution < -0.4 is 44.2 Å². The number of nitrogens with one attached hydrogen (secondary N) is 7. The molecule has 0 saturated carbocycles. The van der Waals surface area contributed by atoms with Gasteiger partial charge < -0.3 is 83.4 Å².